The van der Waals surface area contributed by atoms with Crippen LogP contribution < -0.4 is 20.5 Å². The highest BCUT2D eigenvalue weighted by Gasteiger charge is 2.07. The zero-order valence-corrected chi connectivity index (χ0v) is 12.1. The second-order valence-electron chi connectivity index (χ2n) is 3.88. The lowest BCUT2D eigenvalue weighted by Gasteiger charge is -2.09. The summed E-state index contributed by atoms with van der Waals surface area (Å²) in [6.45, 7) is 0. The summed E-state index contributed by atoms with van der Waals surface area (Å²) in [6.07, 6.45) is 2.89. The van der Waals surface area contributed by atoms with Crippen LogP contribution in [-0.4, -0.2) is 30.6 Å². The number of aromatic amines is 1. The highest BCUT2D eigenvalue weighted by Crippen LogP contribution is 2.29. The van der Waals surface area contributed by atoms with Gasteiger partial charge in [0.15, 0.2) is 11.5 Å². The van der Waals surface area contributed by atoms with Crippen molar-refractivity contribution in [3.05, 3.63) is 45.3 Å². The minimum Gasteiger partial charge on any atom is -0.493 e. The Morgan fingerprint density at radius 2 is 2.19 bits per heavy atom. The van der Waals surface area contributed by atoms with Crippen LogP contribution >= 0.6 is 11.6 Å². The largest absolute Gasteiger partial charge is 0.493 e. The standard InChI is InChI=1S/C13H13ClN4O3/c1-20-10-5-3-4-8(12(10)21-2)6-15-17-9-7-16-18-13(19)11(9)14/h3-7H,1-2H3,(H2,17,18,19)/b15-6-. The SMILES string of the molecule is COc1cccc(/C=N\Nc2cn[nH]c(=O)c2Cl)c1OC. The van der Waals surface area contributed by atoms with Crippen molar-refractivity contribution in [1.29, 1.82) is 0 Å². The van der Waals surface area contributed by atoms with E-state index in [9.17, 15) is 4.79 Å². The van der Waals surface area contributed by atoms with E-state index in [-0.39, 0.29) is 5.02 Å². The third-order valence-corrected chi connectivity index (χ3v) is 2.99. The molecule has 0 fully saturated rings. The Balaban J connectivity index is 2.22. The average molecular weight is 309 g/mol. The van der Waals surface area contributed by atoms with Gasteiger partial charge in [-0.1, -0.05) is 17.7 Å². The Kier molecular flexibility index (Phi) is 4.78. The fourth-order valence-corrected chi connectivity index (χ4v) is 1.78. The van der Waals surface area contributed by atoms with Gasteiger partial charge in [-0.2, -0.15) is 10.2 Å². The first kappa shape index (κ1) is 14.9. The molecule has 8 heteroatoms. The van der Waals surface area contributed by atoms with Gasteiger partial charge in [0.25, 0.3) is 5.56 Å². The average Bonchev–Trinajstić information content (AvgIpc) is 2.51. The molecule has 2 rings (SSSR count). The van der Waals surface area contributed by atoms with E-state index in [0.29, 0.717) is 22.7 Å². The van der Waals surface area contributed by atoms with E-state index in [0.717, 1.165) is 0 Å². The Hall–Kier alpha value is -2.54. The molecule has 0 amide bonds. The first-order valence-electron chi connectivity index (χ1n) is 5.90. The number of ether oxygens (including phenoxy) is 2. The highest BCUT2D eigenvalue weighted by molar-refractivity contribution is 6.32. The van der Waals surface area contributed by atoms with Crippen LogP contribution in [0, 0.1) is 0 Å². The molecule has 1 heterocycles. The molecule has 0 aliphatic heterocycles. The van der Waals surface area contributed by atoms with E-state index < -0.39 is 5.56 Å². The van der Waals surface area contributed by atoms with E-state index in [1.807, 2.05) is 12.1 Å². The number of hydrazone groups is 1. The van der Waals surface area contributed by atoms with Crippen LogP contribution in [0.15, 0.2) is 34.3 Å². The number of hydrogen-bond acceptors (Lipinski definition) is 6. The summed E-state index contributed by atoms with van der Waals surface area (Å²) in [4.78, 5) is 11.3. The van der Waals surface area contributed by atoms with Gasteiger partial charge in [-0.3, -0.25) is 10.2 Å². The number of H-pyrrole nitrogens is 1. The van der Waals surface area contributed by atoms with Gasteiger partial charge in [0.1, 0.15) is 10.7 Å². The van der Waals surface area contributed by atoms with Gasteiger partial charge in [-0.25, -0.2) is 5.10 Å². The first-order chi connectivity index (χ1) is 10.2. The van der Waals surface area contributed by atoms with Gasteiger partial charge in [0.2, 0.25) is 0 Å². The number of aromatic nitrogens is 2. The number of nitrogens with one attached hydrogen (secondary N) is 2. The number of anilines is 1. The summed E-state index contributed by atoms with van der Waals surface area (Å²) in [5, 5.41) is 9.84. The smallest absolute Gasteiger partial charge is 0.285 e. The minimum absolute atomic E-state index is 0.0141. The predicted molar refractivity (Wildman–Crippen MR) is 80.6 cm³/mol. The van der Waals surface area contributed by atoms with Crippen molar-refractivity contribution < 1.29 is 9.47 Å². The van der Waals surface area contributed by atoms with Crippen LogP contribution in [-0.2, 0) is 0 Å². The molecule has 0 spiro atoms. The van der Waals surface area contributed by atoms with Crippen LogP contribution in [0.1, 0.15) is 5.56 Å². The third kappa shape index (κ3) is 3.32. The van der Waals surface area contributed by atoms with Crippen molar-refractivity contribution in [3.63, 3.8) is 0 Å². The number of para-hydroxylation sites is 1. The molecule has 0 unspecified atom stereocenters. The molecule has 1 aromatic heterocycles. The Labute approximate surface area is 125 Å². The van der Waals surface area contributed by atoms with Crippen LogP contribution in [0.3, 0.4) is 0 Å². The zero-order valence-electron chi connectivity index (χ0n) is 11.4. The normalized spacial score (nSPS) is 10.6. The van der Waals surface area contributed by atoms with Crippen molar-refractivity contribution in [2.24, 2.45) is 5.10 Å². The molecule has 0 aliphatic rings. The second-order valence-corrected chi connectivity index (χ2v) is 4.26. The van der Waals surface area contributed by atoms with Crippen LogP contribution in [0.2, 0.25) is 5.02 Å². The molecule has 110 valence electrons. The van der Waals surface area contributed by atoms with Gasteiger partial charge in [0, 0.05) is 5.56 Å². The molecular weight excluding hydrogens is 296 g/mol. The van der Waals surface area contributed by atoms with E-state index in [1.165, 1.54) is 12.4 Å². The van der Waals surface area contributed by atoms with Crippen molar-refractivity contribution in [2.75, 3.05) is 19.6 Å². The van der Waals surface area contributed by atoms with Crippen LogP contribution in [0.4, 0.5) is 5.69 Å². The number of hydrogen-bond donors (Lipinski definition) is 2. The summed E-state index contributed by atoms with van der Waals surface area (Å²) in [7, 11) is 3.10. The van der Waals surface area contributed by atoms with Crippen molar-refractivity contribution in [1.82, 2.24) is 10.2 Å². The molecule has 0 atom stereocenters. The number of methoxy groups -OCH3 is 2. The van der Waals surface area contributed by atoms with Crippen LogP contribution in [0.5, 0.6) is 11.5 Å². The lowest BCUT2D eigenvalue weighted by atomic mass is 10.2. The maximum absolute atomic E-state index is 11.3. The Morgan fingerprint density at radius 1 is 1.38 bits per heavy atom. The lowest BCUT2D eigenvalue weighted by Crippen LogP contribution is -2.10. The van der Waals surface area contributed by atoms with E-state index in [2.05, 4.69) is 20.7 Å². The molecule has 0 bridgehead atoms. The third-order valence-electron chi connectivity index (χ3n) is 2.62. The van der Waals surface area contributed by atoms with Gasteiger partial charge in [0.05, 0.1) is 26.6 Å². The molecule has 1 aromatic carbocycles. The number of benzene rings is 1. The van der Waals surface area contributed by atoms with Crippen molar-refractivity contribution >= 4 is 23.5 Å². The van der Waals surface area contributed by atoms with E-state index in [4.69, 9.17) is 21.1 Å². The molecule has 21 heavy (non-hydrogen) atoms. The van der Waals surface area contributed by atoms with E-state index >= 15 is 0 Å². The molecular formula is C13H13ClN4O3. The van der Waals surface area contributed by atoms with E-state index in [1.54, 1.807) is 20.3 Å². The van der Waals surface area contributed by atoms with Gasteiger partial charge in [-0.05, 0) is 12.1 Å². The monoisotopic (exact) mass is 308 g/mol. The molecule has 2 N–H and O–H groups in total. The topological polar surface area (TPSA) is 88.6 Å². The van der Waals surface area contributed by atoms with Crippen molar-refractivity contribution in [2.45, 2.75) is 0 Å². The highest BCUT2D eigenvalue weighted by atomic mass is 35.5. The Bertz CT molecular complexity index is 715. The summed E-state index contributed by atoms with van der Waals surface area (Å²) in [5.41, 5.74) is 3.17. The van der Waals surface area contributed by atoms with Crippen molar-refractivity contribution in [3.8, 4) is 11.5 Å². The van der Waals surface area contributed by atoms with Gasteiger partial charge >= 0.3 is 0 Å². The minimum atomic E-state index is -0.490. The summed E-state index contributed by atoms with van der Waals surface area (Å²) in [5.74, 6) is 1.15. The second kappa shape index (κ2) is 6.76. The Morgan fingerprint density at radius 3 is 2.90 bits per heavy atom. The number of nitrogens with zero attached hydrogens (tertiary/aromatic N) is 2. The summed E-state index contributed by atoms with van der Waals surface area (Å²) < 4.78 is 10.5. The van der Waals surface area contributed by atoms with Gasteiger partial charge < -0.3 is 9.47 Å². The predicted octanol–water partition coefficient (Wildman–Crippen LogP) is 1.89. The molecule has 0 saturated carbocycles. The summed E-state index contributed by atoms with van der Waals surface area (Å²) in [6, 6.07) is 5.40. The first-order valence-corrected chi connectivity index (χ1v) is 6.28. The summed E-state index contributed by atoms with van der Waals surface area (Å²) >= 11 is 5.82. The molecule has 0 aliphatic carbocycles. The fraction of sp³-hybridized carbons (Fsp3) is 0.154. The number of rotatable bonds is 5. The lowest BCUT2D eigenvalue weighted by molar-refractivity contribution is 0.354. The fourth-order valence-electron chi connectivity index (χ4n) is 1.65. The molecule has 0 saturated heterocycles. The molecule has 7 nitrogen and oxygen atoms in total. The quantitative estimate of drug-likeness (QED) is 0.650. The maximum Gasteiger partial charge on any atom is 0.285 e. The maximum atomic E-state index is 11.3. The zero-order chi connectivity index (χ0) is 15.2. The molecule has 0 radical (unpaired) electrons. The number of halogens is 1. The molecule has 2 aromatic rings. The van der Waals surface area contributed by atoms with Gasteiger partial charge in [-0.15, -0.1) is 0 Å². The van der Waals surface area contributed by atoms with Crippen LogP contribution in [0.25, 0.3) is 0 Å².